The van der Waals surface area contributed by atoms with Crippen molar-refractivity contribution >= 4 is 23.6 Å². The van der Waals surface area contributed by atoms with E-state index in [4.69, 9.17) is 18.9 Å². The normalized spacial score (nSPS) is 10.9. The zero-order valence-corrected chi connectivity index (χ0v) is 26.5. The number of benzene rings is 2. The Bertz CT molecular complexity index is 1190. The van der Waals surface area contributed by atoms with Crippen molar-refractivity contribution in [3.63, 3.8) is 0 Å². The Balaban J connectivity index is 0.000000442. The highest BCUT2D eigenvalue weighted by atomic mass is 16.6. The van der Waals surface area contributed by atoms with Crippen molar-refractivity contribution < 1.29 is 38.4 Å². The van der Waals surface area contributed by atoms with Gasteiger partial charge in [-0.15, -0.1) is 0 Å². The van der Waals surface area contributed by atoms with Gasteiger partial charge in [-0.05, 0) is 85.6 Å². The summed E-state index contributed by atoms with van der Waals surface area (Å²) in [6.45, 7) is 15.1. The predicted octanol–water partition coefficient (Wildman–Crippen LogP) is 6.51. The maximum Gasteiger partial charge on any atom is 0.410 e. The van der Waals surface area contributed by atoms with Crippen molar-refractivity contribution in [1.82, 2.24) is 10.2 Å². The highest BCUT2D eigenvalue weighted by Crippen LogP contribution is 2.18. The van der Waals surface area contributed by atoms with E-state index in [0.29, 0.717) is 57.2 Å². The SMILES string of the molecule is CC(C)(C)OC(=O)NCCCOc1ccc([N+](=O)[O-])cc1.CCN(CCCOc1ccc([N+](=O)[O-])cc1)C(=O)OC(C)(C)C. The maximum absolute atomic E-state index is 12.0. The number of nitrogens with one attached hydrogen (secondary N) is 1. The first-order valence-corrected chi connectivity index (χ1v) is 14.2. The van der Waals surface area contributed by atoms with E-state index in [-0.39, 0.29) is 17.5 Å². The van der Waals surface area contributed by atoms with Crippen molar-refractivity contribution in [2.45, 2.75) is 72.5 Å². The Labute approximate surface area is 257 Å². The second-order valence-corrected chi connectivity index (χ2v) is 11.4. The number of nitrogens with zero attached hydrogens (tertiary/aromatic N) is 3. The van der Waals surface area contributed by atoms with Crippen molar-refractivity contribution in [2.24, 2.45) is 0 Å². The Kier molecular flexibility index (Phi) is 15.4. The number of rotatable bonds is 13. The van der Waals surface area contributed by atoms with E-state index in [2.05, 4.69) is 5.32 Å². The molecule has 14 nitrogen and oxygen atoms in total. The summed E-state index contributed by atoms with van der Waals surface area (Å²) in [6, 6.07) is 11.8. The minimum absolute atomic E-state index is 0.0222. The molecular weight excluding hydrogens is 576 g/mol. The first-order chi connectivity index (χ1) is 20.5. The number of ether oxygens (including phenoxy) is 4. The summed E-state index contributed by atoms with van der Waals surface area (Å²) >= 11 is 0. The monoisotopic (exact) mass is 620 g/mol. The molecule has 244 valence electrons. The molecule has 0 fully saturated rings. The third-order valence-corrected chi connectivity index (χ3v) is 5.23. The van der Waals surface area contributed by atoms with E-state index in [1.807, 2.05) is 27.7 Å². The number of nitro groups is 2. The maximum atomic E-state index is 12.0. The lowest BCUT2D eigenvalue weighted by atomic mass is 10.2. The molecule has 1 N–H and O–H groups in total. The number of amides is 2. The van der Waals surface area contributed by atoms with Crippen LogP contribution in [0, 0.1) is 20.2 Å². The number of non-ortho nitro benzene ring substituents is 2. The lowest BCUT2D eigenvalue weighted by Gasteiger charge is -2.26. The van der Waals surface area contributed by atoms with E-state index in [1.165, 1.54) is 24.3 Å². The minimum atomic E-state index is -0.515. The molecule has 0 saturated carbocycles. The summed E-state index contributed by atoms with van der Waals surface area (Å²) in [5.74, 6) is 1.12. The zero-order valence-electron chi connectivity index (χ0n) is 26.5. The van der Waals surface area contributed by atoms with Gasteiger partial charge in [0.05, 0.1) is 23.1 Å². The molecule has 0 aliphatic rings. The van der Waals surface area contributed by atoms with Crippen LogP contribution in [0.2, 0.25) is 0 Å². The molecule has 0 saturated heterocycles. The molecule has 2 amide bonds. The van der Waals surface area contributed by atoms with Gasteiger partial charge in [-0.2, -0.15) is 0 Å². The number of alkyl carbamates (subject to hydrolysis) is 1. The fourth-order valence-corrected chi connectivity index (χ4v) is 3.25. The van der Waals surface area contributed by atoms with Crippen LogP contribution in [0.5, 0.6) is 11.5 Å². The van der Waals surface area contributed by atoms with E-state index < -0.39 is 27.1 Å². The van der Waals surface area contributed by atoms with Gasteiger partial charge in [0.1, 0.15) is 22.7 Å². The molecule has 0 atom stereocenters. The molecule has 0 radical (unpaired) electrons. The average Bonchev–Trinajstić information content (AvgIpc) is 2.91. The van der Waals surface area contributed by atoms with Gasteiger partial charge in [-0.1, -0.05) is 0 Å². The molecule has 0 aliphatic heterocycles. The van der Waals surface area contributed by atoms with Gasteiger partial charge < -0.3 is 29.2 Å². The zero-order chi connectivity index (χ0) is 33.3. The van der Waals surface area contributed by atoms with Crippen LogP contribution in [0.25, 0.3) is 0 Å². The minimum Gasteiger partial charge on any atom is -0.494 e. The Hall–Kier alpha value is -4.62. The smallest absolute Gasteiger partial charge is 0.410 e. The summed E-state index contributed by atoms with van der Waals surface area (Å²) in [6.07, 6.45) is 0.452. The van der Waals surface area contributed by atoms with E-state index in [0.717, 1.165) is 0 Å². The Morgan fingerprint density at radius 1 is 0.750 bits per heavy atom. The third-order valence-electron chi connectivity index (χ3n) is 5.23. The fraction of sp³-hybridized carbons (Fsp3) is 0.533. The molecule has 0 aromatic heterocycles. The van der Waals surface area contributed by atoms with Gasteiger partial charge in [0, 0.05) is 43.9 Å². The van der Waals surface area contributed by atoms with Crippen LogP contribution in [-0.4, -0.2) is 71.0 Å². The third kappa shape index (κ3) is 16.7. The fourth-order valence-electron chi connectivity index (χ4n) is 3.25. The molecule has 2 aromatic carbocycles. The topological polar surface area (TPSA) is 173 Å². The second kappa shape index (κ2) is 18.1. The lowest BCUT2D eigenvalue weighted by molar-refractivity contribution is -0.385. The van der Waals surface area contributed by atoms with E-state index in [9.17, 15) is 29.8 Å². The molecule has 14 heteroatoms. The number of carbonyl (C=O) groups excluding carboxylic acids is 2. The summed E-state index contributed by atoms with van der Waals surface area (Å²) in [4.78, 5) is 45.1. The molecule has 0 bridgehead atoms. The number of hydrogen-bond donors (Lipinski definition) is 1. The summed E-state index contributed by atoms with van der Waals surface area (Å²) in [5, 5.41) is 23.7. The number of nitro benzene ring substituents is 2. The summed E-state index contributed by atoms with van der Waals surface area (Å²) in [5.41, 5.74) is -0.979. The van der Waals surface area contributed by atoms with Crippen molar-refractivity contribution in [2.75, 3.05) is 32.8 Å². The molecular formula is C30H44N4O10. The second-order valence-electron chi connectivity index (χ2n) is 11.4. The predicted molar refractivity (Wildman–Crippen MR) is 164 cm³/mol. The Morgan fingerprint density at radius 3 is 1.57 bits per heavy atom. The summed E-state index contributed by atoms with van der Waals surface area (Å²) in [7, 11) is 0. The quantitative estimate of drug-likeness (QED) is 0.148. The van der Waals surface area contributed by atoms with Gasteiger partial charge in [-0.3, -0.25) is 20.2 Å². The lowest BCUT2D eigenvalue weighted by Crippen LogP contribution is -2.37. The van der Waals surface area contributed by atoms with Gasteiger partial charge in [0.2, 0.25) is 0 Å². The standard InChI is InChI=1S/C16H24N2O5.C14H20N2O5/c1-5-17(15(19)23-16(2,3)4)11-6-12-22-14-9-7-13(8-10-14)18(20)21;1-14(2,3)21-13(17)15-9-4-10-20-12-7-5-11(6-8-12)16(18)19/h7-10H,5-6,11-12H2,1-4H3;5-8H,4,9-10H2,1-3H3,(H,15,17). The highest BCUT2D eigenvalue weighted by molar-refractivity contribution is 5.68. The van der Waals surface area contributed by atoms with Crippen LogP contribution in [0.1, 0.15) is 61.3 Å². The largest absolute Gasteiger partial charge is 0.494 e. The first kappa shape index (κ1) is 37.4. The van der Waals surface area contributed by atoms with Crippen molar-refractivity contribution in [1.29, 1.82) is 0 Å². The van der Waals surface area contributed by atoms with Crippen LogP contribution in [-0.2, 0) is 9.47 Å². The van der Waals surface area contributed by atoms with Crippen molar-refractivity contribution in [3.8, 4) is 11.5 Å². The van der Waals surface area contributed by atoms with Crippen LogP contribution in [0.3, 0.4) is 0 Å². The average molecular weight is 621 g/mol. The highest BCUT2D eigenvalue weighted by Gasteiger charge is 2.20. The van der Waals surface area contributed by atoms with E-state index in [1.54, 1.807) is 49.9 Å². The molecule has 0 unspecified atom stereocenters. The Morgan fingerprint density at radius 2 is 1.18 bits per heavy atom. The van der Waals surface area contributed by atoms with Crippen molar-refractivity contribution in [3.05, 3.63) is 68.8 Å². The van der Waals surface area contributed by atoms with Gasteiger partial charge in [0.25, 0.3) is 11.4 Å². The summed E-state index contributed by atoms with van der Waals surface area (Å²) < 4.78 is 21.3. The first-order valence-electron chi connectivity index (χ1n) is 14.2. The molecule has 2 aromatic rings. The van der Waals surface area contributed by atoms with Crippen LogP contribution in [0.4, 0.5) is 21.0 Å². The number of hydrogen-bond acceptors (Lipinski definition) is 10. The van der Waals surface area contributed by atoms with Crippen LogP contribution < -0.4 is 14.8 Å². The van der Waals surface area contributed by atoms with Crippen LogP contribution >= 0.6 is 0 Å². The van der Waals surface area contributed by atoms with Gasteiger partial charge in [-0.25, -0.2) is 9.59 Å². The molecule has 0 heterocycles. The van der Waals surface area contributed by atoms with Gasteiger partial charge >= 0.3 is 12.2 Å². The molecule has 44 heavy (non-hydrogen) atoms. The van der Waals surface area contributed by atoms with Gasteiger partial charge in [0.15, 0.2) is 0 Å². The van der Waals surface area contributed by atoms with Crippen LogP contribution in [0.15, 0.2) is 48.5 Å². The molecule has 0 aliphatic carbocycles. The number of carbonyl (C=O) groups is 2. The molecule has 0 spiro atoms. The molecule has 2 rings (SSSR count). The van der Waals surface area contributed by atoms with E-state index >= 15 is 0 Å².